The summed E-state index contributed by atoms with van der Waals surface area (Å²) in [6, 6.07) is 23.1. The standard InChI is InChI=1S/C28H20FN3O2/c1-34-22-7-4-6-20(15-22)27(33)26-25(19-9-12-21(29)13-10-19)28(16-30,17-31)24-14-11-18-5-2-3-8-23(18)32(24)26/h2-15,24-26H,1H3/t24-,25+,26-/m1/s1. The molecule has 0 bridgehead atoms. The smallest absolute Gasteiger partial charge is 0.186 e. The summed E-state index contributed by atoms with van der Waals surface area (Å²) in [6.45, 7) is 0. The van der Waals surface area contributed by atoms with Gasteiger partial charge >= 0.3 is 0 Å². The maximum absolute atomic E-state index is 14.1. The lowest BCUT2D eigenvalue weighted by Crippen LogP contribution is -2.44. The molecule has 0 amide bonds. The van der Waals surface area contributed by atoms with Gasteiger partial charge in [-0.3, -0.25) is 4.79 Å². The fourth-order valence-electron chi connectivity index (χ4n) is 5.23. The summed E-state index contributed by atoms with van der Waals surface area (Å²) in [4.78, 5) is 16.0. The number of nitrogens with zero attached hydrogens (tertiary/aromatic N) is 3. The molecule has 0 N–H and O–H groups in total. The number of para-hydroxylation sites is 1. The molecule has 2 aliphatic rings. The van der Waals surface area contributed by atoms with Crippen LogP contribution in [0, 0.1) is 33.9 Å². The van der Waals surface area contributed by atoms with Crippen molar-refractivity contribution in [3.05, 3.63) is 101 Å². The molecule has 0 aliphatic carbocycles. The molecule has 0 spiro atoms. The Bertz CT molecular complexity index is 1370. The van der Waals surface area contributed by atoms with Gasteiger partial charge in [-0.2, -0.15) is 10.5 Å². The van der Waals surface area contributed by atoms with Crippen LogP contribution in [0.5, 0.6) is 5.75 Å². The molecule has 3 aromatic rings. The molecule has 0 saturated carbocycles. The van der Waals surface area contributed by atoms with Crippen LogP contribution in [0.25, 0.3) is 6.08 Å². The summed E-state index contributed by atoms with van der Waals surface area (Å²) in [5, 5.41) is 20.8. The van der Waals surface area contributed by atoms with E-state index in [1.54, 1.807) is 36.4 Å². The van der Waals surface area contributed by atoms with Crippen LogP contribution in [0.4, 0.5) is 10.1 Å². The van der Waals surface area contributed by atoms with Gasteiger partial charge in [0.1, 0.15) is 17.6 Å². The minimum atomic E-state index is -1.57. The Morgan fingerprint density at radius 1 is 1.03 bits per heavy atom. The maximum atomic E-state index is 14.1. The summed E-state index contributed by atoms with van der Waals surface area (Å²) < 4.78 is 19.1. The summed E-state index contributed by atoms with van der Waals surface area (Å²) in [5.74, 6) is -0.956. The third kappa shape index (κ3) is 3.08. The van der Waals surface area contributed by atoms with E-state index in [1.807, 2.05) is 41.3 Å². The van der Waals surface area contributed by atoms with Crippen LogP contribution in [0.3, 0.4) is 0 Å². The van der Waals surface area contributed by atoms with Gasteiger partial charge in [0.2, 0.25) is 0 Å². The summed E-state index contributed by atoms with van der Waals surface area (Å²) in [5.41, 5.74) is 1.07. The van der Waals surface area contributed by atoms with E-state index in [4.69, 9.17) is 4.74 Å². The van der Waals surface area contributed by atoms with Crippen molar-refractivity contribution >= 4 is 17.5 Å². The number of carbonyl (C=O) groups excluding carboxylic acids is 1. The fourth-order valence-corrected chi connectivity index (χ4v) is 5.23. The van der Waals surface area contributed by atoms with Crippen LogP contribution >= 0.6 is 0 Å². The number of ether oxygens (including phenoxy) is 1. The average Bonchev–Trinajstić information content (AvgIpc) is 3.19. The highest BCUT2D eigenvalue weighted by Crippen LogP contribution is 2.55. The third-order valence-corrected chi connectivity index (χ3v) is 6.77. The second-order valence-corrected chi connectivity index (χ2v) is 8.43. The zero-order valence-electron chi connectivity index (χ0n) is 18.4. The molecule has 0 aromatic heterocycles. The van der Waals surface area contributed by atoms with Gasteiger partial charge in [0.25, 0.3) is 0 Å². The van der Waals surface area contributed by atoms with Crippen LogP contribution in [-0.2, 0) is 0 Å². The molecule has 0 radical (unpaired) electrons. The van der Waals surface area contributed by atoms with Gasteiger partial charge in [0, 0.05) is 17.2 Å². The first-order valence-electron chi connectivity index (χ1n) is 10.9. The number of hydrogen-bond acceptors (Lipinski definition) is 5. The van der Waals surface area contributed by atoms with Crippen molar-refractivity contribution in [2.24, 2.45) is 5.41 Å². The topological polar surface area (TPSA) is 77.1 Å². The number of Topliss-reactive ketones (excluding diaryl/α,β-unsaturated/α-hetero) is 1. The first kappa shape index (κ1) is 21.4. The molecule has 2 heterocycles. The third-order valence-electron chi connectivity index (χ3n) is 6.77. The maximum Gasteiger partial charge on any atom is 0.186 e. The number of carbonyl (C=O) groups is 1. The highest BCUT2D eigenvalue weighted by atomic mass is 19.1. The van der Waals surface area contributed by atoms with Crippen LogP contribution in [0.15, 0.2) is 78.9 Å². The number of methoxy groups -OCH3 is 1. The Kier molecular flexibility index (Phi) is 5.15. The van der Waals surface area contributed by atoms with Crippen LogP contribution in [0.2, 0.25) is 0 Å². The number of halogens is 1. The average molecular weight is 449 g/mol. The van der Waals surface area contributed by atoms with Crippen molar-refractivity contribution in [2.75, 3.05) is 12.0 Å². The second kappa shape index (κ2) is 8.17. The van der Waals surface area contributed by atoms with Crippen LogP contribution in [-0.4, -0.2) is 25.0 Å². The van der Waals surface area contributed by atoms with Crippen molar-refractivity contribution in [1.82, 2.24) is 0 Å². The number of nitriles is 2. The molecule has 6 heteroatoms. The molecule has 5 rings (SSSR count). The van der Waals surface area contributed by atoms with E-state index in [-0.39, 0.29) is 5.78 Å². The molecule has 166 valence electrons. The van der Waals surface area contributed by atoms with E-state index in [1.165, 1.54) is 19.2 Å². The van der Waals surface area contributed by atoms with Gasteiger partial charge in [-0.25, -0.2) is 4.39 Å². The van der Waals surface area contributed by atoms with Gasteiger partial charge in [0.05, 0.1) is 25.3 Å². The van der Waals surface area contributed by atoms with E-state index < -0.39 is 29.2 Å². The summed E-state index contributed by atoms with van der Waals surface area (Å²) >= 11 is 0. The van der Waals surface area contributed by atoms with E-state index in [0.717, 1.165) is 11.3 Å². The summed E-state index contributed by atoms with van der Waals surface area (Å²) in [7, 11) is 1.53. The van der Waals surface area contributed by atoms with E-state index >= 15 is 0 Å². The van der Waals surface area contributed by atoms with Gasteiger partial charge in [0.15, 0.2) is 11.2 Å². The van der Waals surface area contributed by atoms with E-state index in [0.29, 0.717) is 16.9 Å². The zero-order valence-corrected chi connectivity index (χ0v) is 18.4. The number of anilines is 1. The lowest BCUT2D eigenvalue weighted by molar-refractivity contribution is 0.0950. The minimum absolute atomic E-state index is 0.240. The Morgan fingerprint density at radius 2 is 1.76 bits per heavy atom. The van der Waals surface area contributed by atoms with Crippen molar-refractivity contribution in [1.29, 1.82) is 10.5 Å². The fraction of sp³-hybridized carbons (Fsp3) is 0.179. The Morgan fingerprint density at radius 3 is 2.47 bits per heavy atom. The number of hydrogen-bond donors (Lipinski definition) is 0. The SMILES string of the molecule is COc1cccc(C(=O)[C@H]2[C@H](c3ccc(F)cc3)C(C#N)(C#N)[C@H]3C=Cc4ccccc4N23)c1. The predicted octanol–water partition coefficient (Wildman–Crippen LogP) is 5.12. The number of fused-ring (bicyclic) bond motifs is 3. The van der Waals surface area contributed by atoms with Crippen molar-refractivity contribution in [2.45, 2.75) is 18.0 Å². The number of ketones is 1. The molecule has 1 fully saturated rings. The van der Waals surface area contributed by atoms with E-state index in [9.17, 15) is 19.7 Å². The molecule has 1 saturated heterocycles. The Hall–Kier alpha value is -4.42. The highest BCUT2D eigenvalue weighted by molar-refractivity contribution is 6.04. The Balaban J connectivity index is 1.77. The lowest BCUT2D eigenvalue weighted by atomic mass is 9.69. The Labute approximate surface area is 196 Å². The van der Waals surface area contributed by atoms with Gasteiger partial charge < -0.3 is 9.64 Å². The first-order chi connectivity index (χ1) is 16.5. The van der Waals surface area contributed by atoms with Crippen molar-refractivity contribution in [3.8, 4) is 17.9 Å². The first-order valence-corrected chi connectivity index (χ1v) is 10.9. The van der Waals surface area contributed by atoms with Crippen LogP contribution in [0.1, 0.15) is 27.4 Å². The number of rotatable bonds is 4. The number of benzene rings is 3. The van der Waals surface area contributed by atoms with Crippen molar-refractivity contribution < 1.29 is 13.9 Å². The molecule has 3 aromatic carbocycles. The quantitative estimate of drug-likeness (QED) is 0.517. The molecule has 5 nitrogen and oxygen atoms in total. The normalized spacial score (nSPS) is 21.6. The molecule has 34 heavy (non-hydrogen) atoms. The molecule has 3 atom stereocenters. The lowest BCUT2D eigenvalue weighted by Gasteiger charge is -2.35. The van der Waals surface area contributed by atoms with Crippen molar-refractivity contribution in [3.63, 3.8) is 0 Å². The highest BCUT2D eigenvalue weighted by Gasteiger charge is 2.63. The molecule has 0 unspecified atom stereocenters. The zero-order chi connectivity index (χ0) is 23.9. The summed E-state index contributed by atoms with van der Waals surface area (Å²) in [6.07, 6.45) is 3.71. The van der Waals surface area contributed by atoms with Gasteiger partial charge in [-0.05, 0) is 41.5 Å². The molecule has 2 aliphatic heterocycles. The monoisotopic (exact) mass is 449 g/mol. The molecular weight excluding hydrogens is 429 g/mol. The predicted molar refractivity (Wildman–Crippen MR) is 126 cm³/mol. The minimum Gasteiger partial charge on any atom is -0.497 e. The van der Waals surface area contributed by atoms with Gasteiger partial charge in [-0.15, -0.1) is 0 Å². The molecular formula is C28H20FN3O2. The van der Waals surface area contributed by atoms with Gasteiger partial charge in [-0.1, -0.05) is 54.6 Å². The second-order valence-electron chi connectivity index (χ2n) is 8.43. The largest absolute Gasteiger partial charge is 0.497 e. The van der Waals surface area contributed by atoms with Crippen LogP contribution < -0.4 is 9.64 Å². The van der Waals surface area contributed by atoms with E-state index in [2.05, 4.69) is 12.1 Å².